The average Bonchev–Trinajstić information content (AvgIpc) is 2.38. The molecule has 0 atom stereocenters. The van der Waals surface area contributed by atoms with Gasteiger partial charge in [-0.25, -0.2) is 0 Å². The van der Waals surface area contributed by atoms with Crippen molar-refractivity contribution in [3.8, 4) is 0 Å². The Labute approximate surface area is 109 Å². The van der Waals surface area contributed by atoms with Crippen LogP contribution in [0.25, 0.3) is 0 Å². The smallest absolute Gasteiger partial charge is 0.305 e. The van der Waals surface area contributed by atoms with Gasteiger partial charge in [-0.2, -0.15) is 0 Å². The van der Waals surface area contributed by atoms with Crippen molar-refractivity contribution in [2.24, 2.45) is 0 Å². The maximum absolute atomic E-state index is 10.7. The number of esters is 1. The molecule has 0 aromatic rings. The second-order valence-corrected chi connectivity index (χ2v) is 3.46. The van der Waals surface area contributed by atoms with Crippen LogP contribution in [0.15, 0.2) is 0 Å². The summed E-state index contributed by atoms with van der Waals surface area (Å²) in [6.45, 7) is 3.31. The Hall–Kier alpha value is -0.690. The number of aliphatic hydroxyl groups is 3. The van der Waals surface area contributed by atoms with E-state index in [0.717, 1.165) is 12.8 Å². The highest BCUT2D eigenvalue weighted by atomic mass is 16.5. The van der Waals surface area contributed by atoms with Crippen LogP contribution in [0.2, 0.25) is 0 Å². The molecule has 6 nitrogen and oxygen atoms in total. The summed E-state index contributed by atoms with van der Waals surface area (Å²) in [5.74, 6) is -0.201. The number of unbranched alkanes of at least 4 members (excludes halogenated alkanes) is 1. The second kappa shape index (κ2) is 18.7. The summed E-state index contributed by atoms with van der Waals surface area (Å²) in [5, 5.41) is 24.6. The maximum atomic E-state index is 10.7. The highest BCUT2D eigenvalue weighted by Gasteiger charge is 1.99. The number of carbonyl (C=O) groups is 1. The van der Waals surface area contributed by atoms with E-state index >= 15 is 0 Å². The number of hydrogen-bond acceptors (Lipinski definition) is 6. The van der Waals surface area contributed by atoms with E-state index in [1.54, 1.807) is 0 Å². The molecule has 0 spiro atoms. The van der Waals surface area contributed by atoms with Gasteiger partial charge in [0.2, 0.25) is 0 Å². The molecule has 0 rings (SSSR count). The number of hydrogen-bond donors (Lipinski definition) is 3. The Morgan fingerprint density at radius 1 is 0.944 bits per heavy atom. The first-order chi connectivity index (χ1) is 8.72. The molecule has 0 saturated carbocycles. The first kappa shape index (κ1) is 19.6. The maximum Gasteiger partial charge on any atom is 0.305 e. The lowest BCUT2D eigenvalue weighted by molar-refractivity contribution is -0.144. The van der Waals surface area contributed by atoms with Crippen LogP contribution in [0.3, 0.4) is 0 Å². The van der Waals surface area contributed by atoms with Crippen molar-refractivity contribution >= 4 is 5.97 Å². The van der Waals surface area contributed by atoms with Crippen molar-refractivity contribution in [1.29, 1.82) is 0 Å². The predicted octanol–water partition coefficient (Wildman–Crippen LogP) is 0.0898. The van der Waals surface area contributed by atoms with Crippen LogP contribution in [0.4, 0.5) is 0 Å². The summed E-state index contributed by atoms with van der Waals surface area (Å²) >= 11 is 0. The Morgan fingerprint density at radius 2 is 1.56 bits per heavy atom. The second-order valence-electron chi connectivity index (χ2n) is 3.46. The van der Waals surface area contributed by atoms with Gasteiger partial charge >= 0.3 is 5.97 Å². The molecule has 0 amide bonds. The highest BCUT2D eigenvalue weighted by Crippen LogP contribution is 1.94. The largest absolute Gasteiger partial charge is 0.466 e. The van der Waals surface area contributed by atoms with Crippen molar-refractivity contribution in [2.45, 2.75) is 32.6 Å². The lowest BCUT2D eigenvalue weighted by Crippen LogP contribution is -2.06. The first-order valence-electron chi connectivity index (χ1n) is 6.28. The Balaban J connectivity index is 0. The van der Waals surface area contributed by atoms with Gasteiger partial charge in [-0.05, 0) is 12.8 Å². The fraction of sp³-hybridized carbons (Fsp3) is 0.917. The zero-order chi connectivity index (χ0) is 14.1. The van der Waals surface area contributed by atoms with Crippen LogP contribution < -0.4 is 0 Å². The van der Waals surface area contributed by atoms with Crippen LogP contribution in [0.1, 0.15) is 32.6 Å². The van der Waals surface area contributed by atoms with E-state index in [-0.39, 0.29) is 25.8 Å². The van der Waals surface area contributed by atoms with Gasteiger partial charge < -0.3 is 24.8 Å². The molecule has 0 bridgehead atoms. The fourth-order valence-electron chi connectivity index (χ4n) is 0.857. The summed E-state index contributed by atoms with van der Waals surface area (Å²) in [4.78, 5) is 10.7. The van der Waals surface area contributed by atoms with Gasteiger partial charge in [0.25, 0.3) is 0 Å². The third-order valence-corrected chi connectivity index (χ3v) is 1.77. The number of aliphatic hydroxyl groups excluding tert-OH is 3. The molecule has 0 radical (unpaired) electrons. The monoisotopic (exact) mass is 266 g/mol. The van der Waals surface area contributed by atoms with E-state index in [9.17, 15) is 4.79 Å². The SMILES string of the molecule is CCCCOC(=O)CCCO.OCCOCCO. The molecule has 0 aliphatic heterocycles. The fourth-order valence-corrected chi connectivity index (χ4v) is 0.857. The lowest BCUT2D eigenvalue weighted by atomic mass is 10.3. The molecule has 18 heavy (non-hydrogen) atoms. The third kappa shape index (κ3) is 20.7. The standard InChI is InChI=1S/C8H16O3.C4H10O3/c1-2-3-7-11-8(10)5-4-6-9;5-1-3-7-4-2-6/h9H,2-7H2,1H3;5-6H,1-4H2. The number of ether oxygens (including phenoxy) is 2. The minimum absolute atomic E-state index is 0.0278. The van der Waals surface area contributed by atoms with Gasteiger partial charge in [-0.3, -0.25) is 4.79 Å². The molecule has 0 aromatic carbocycles. The van der Waals surface area contributed by atoms with Crippen LogP contribution in [0, 0.1) is 0 Å². The van der Waals surface area contributed by atoms with E-state index in [4.69, 9.17) is 20.1 Å². The van der Waals surface area contributed by atoms with E-state index in [2.05, 4.69) is 4.74 Å². The third-order valence-electron chi connectivity index (χ3n) is 1.77. The molecule has 0 fully saturated rings. The minimum atomic E-state index is -0.201. The quantitative estimate of drug-likeness (QED) is 0.383. The van der Waals surface area contributed by atoms with Gasteiger partial charge in [0.15, 0.2) is 0 Å². The lowest BCUT2D eigenvalue weighted by Gasteiger charge is -2.01. The highest BCUT2D eigenvalue weighted by molar-refractivity contribution is 5.69. The summed E-state index contributed by atoms with van der Waals surface area (Å²) in [5.41, 5.74) is 0. The summed E-state index contributed by atoms with van der Waals surface area (Å²) in [7, 11) is 0. The number of rotatable bonds is 10. The van der Waals surface area contributed by atoms with Crippen LogP contribution in [-0.2, 0) is 14.3 Å². The molecular weight excluding hydrogens is 240 g/mol. The topological polar surface area (TPSA) is 96.2 Å². The number of carbonyl (C=O) groups excluding carboxylic acids is 1. The molecule has 6 heteroatoms. The van der Waals surface area contributed by atoms with Gasteiger partial charge in [0.05, 0.1) is 33.0 Å². The van der Waals surface area contributed by atoms with Gasteiger partial charge in [-0.15, -0.1) is 0 Å². The minimum Gasteiger partial charge on any atom is -0.466 e. The van der Waals surface area contributed by atoms with E-state index in [0.29, 0.717) is 32.7 Å². The van der Waals surface area contributed by atoms with E-state index < -0.39 is 0 Å². The molecule has 0 aromatic heterocycles. The Morgan fingerprint density at radius 3 is 2.00 bits per heavy atom. The Bertz CT molecular complexity index is 159. The van der Waals surface area contributed by atoms with E-state index in [1.807, 2.05) is 6.92 Å². The molecule has 0 aliphatic rings. The predicted molar refractivity (Wildman–Crippen MR) is 67.2 cm³/mol. The van der Waals surface area contributed by atoms with Crippen molar-refractivity contribution < 1.29 is 29.6 Å². The molecular formula is C12H26O6. The Kier molecular flexibility index (Phi) is 20.4. The van der Waals surface area contributed by atoms with Gasteiger partial charge in [-0.1, -0.05) is 13.3 Å². The molecule has 0 heterocycles. The van der Waals surface area contributed by atoms with Crippen molar-refractivity contribution in [3.63, 3.8) is 0 Å². The molecule has 0 aliphatic carbocycles. The molecule has 0 unspecified atom stereocenters. The van der Waals surface area contributed by atoms with Crippen molar-refractivity contribution in [3.05, 3.63) is 0 Å². The summed E-state index contributed by atoms with van der Waals surface area (Å²) in [6.07, 6.45) is 2.79. The van der Waals surface area contributed by atoms with Crippen LogP contribution in [0.5, 0.6) is 0 Å². The van der Waals surface area contributed by atoms with Gasteiger partial charge in [0.1, 0.15) is 0 Å². The summed E-state index contributed by atoms with van der Waals surface area (Å²) < 4.78 is 9.47. The molecule has 0 saturated heterocycles. The van der Waals surface area contributed by atoms with Crippen LogP contribution in [-0.4, -0.2) is 60.9 Å². The molecule has 110 valence electrons. The van der Waals surface area contributed by atoms with Gasteiger partial charge in [0, 0.05) is 13.0 Å². The van der Waals surface area contributed by atoms with Crippen LogP contribution >= 0.6 is 0 Å². The molecule has 3 N–H and O–H groups in total. The van der Waals surface area contributed by atoms with Crippen molar-refractivity contribution in [1.82, 2.24) is 0 Å². The normalized spacial score (nSPS) is 9.56. The zero-order valence-electron chi connectivity index (χ0n) is 11.1. The first-order valence-corrected chi connectivity index (χ1v) is 6.28. The van der Waals surface area contributed by atoms with Crippen molar-refractivity contribution in [2.75, 3.05) is 39.6 Å². The summed E-state index contributed by atoms with van der Waals surface area (Å²) in [6, 6.07) is 0. The van der Waals surface area contributed by atoms with E-state index in [1.165, 1.54) is 0 Å². The zero-order valence-corrected chi connectivity index (χ0v) is 11.1. The average molecular weight is 266 g/mol.